The van der Waals surface area contributed by atoms with E-state index in [2.05, 4.69) is 15.9 Å². The Hall–Kier alpha value is -0.350. The lowest BCUT2D eigenvalue weighted by atomic mass is 9.92. The Morgan fingerprint density at radius 3 is 2.76 bits per heavy atom. The van der Waals surface area contributed by atoms with Crippen molar-refractivity contribution in [3.63, 3.8) is 0 Å². The molecule has 1 atom stereocenters. The van der Waals surface area contributed by atoms with Gasteiger partial charge in [-0.3, -0.25) is 0 Å². The Labute approximate surface area is 118 Å². The molecule has 0 spiro atoms. The molecule has 4 heteroatoms. The van der Waals surface area contributed by atoms with Gasteiger partial charge in [-0.15, -0.1) is 11.3 Å². The van der Waals surface area contributed by atoms with Crippen LogP contribution in [0.2, 0.25) is 5.02 Å². The standard InChI is InChI=1S/C13H12BrClOS/c1-13(16,8-12-11(14)5-6-17-12)9-3-2-4-10(15)7-9/h2-7,16H,8H2,1H3. The molecule has 2 aromatic rings. The topological polar surface area (TPSA) is 20.2 Å². The average molecular weight is 332 g/mol. The van der Waals surface area contributed by atoms with Crippen molar-refractivity contribution < 1.29 is 5.11 Å². The normalized spacial score (nSPS) is 14.6. The first-order valence-corrected chi connectivity index (χ1v) is 7.24. The van der Waals surface area contributed by atoms with Crippen molar-refractivity contribution in [2.24, 2.45) is 0 Å². The molecule has 0 bridgehead atoms. The summed E-state index contributed by atoms with van der Waals surface area (Å²) in [6.07, 6.45) is 0.575. The summed E-state index contributed by atoms with van der Waals surface area (Å²) in [6.45, 7) is 1.81. The van der Waals surface area contributed by atoms with Gasteiger partial charge in [0.1, 0.15) is 0 Å². The summed E-state index contributed by atoms with van der Waals surface area (Å²) in [6, 6.07) is 9.36. The third-order valence-corrected chi connectivity index (χ3v) is 4.80. The Bertz CT molecular complexity index is 522. The molecule has 17 heavy (non-hydrogen) atoms. The molecule has 0 saturated heterocycles. The SMILES string of the molecule is CC(O)(Cc1sccc1Br)c1cccc(Cl)c1. The summed E-state index contributed by atoms with van der Waals surface area (Å²) in [5.41, 5.74) is -0.0663. The first-order chi connectivity index (χ1) is 7.99. The van der Waals surface area contributed by atoms with E-state index in [0.29, 0.717) is 11.4 Å². The summed E-state index contributed by atoms with van der Waals surface area (Å²) in [5, 5.41) is 13.2. The van der Waals surface area contributed by atoms with Crippen molar-refractivity contribution in [2.45, 2.75) is 18.9 Å². The highest BCUT2D eigenvalue weighted by atomic mass is 79.9. The molecule has 1 unspecified atom stereocenters. The van der Waals surface area contributed by atoms with Gasteiger partial charge in [0.05, 0.1) is 5.60 Å². The van der Waals surface area contributed by atoms with Gasteiger partial charge in [0.25, 0.3) is 0 Å². The van der Waals surface area contributed by atoms with Gasteiger partial charge in [0.15, 0.2) is 0 Å². The predicted octanol–water partition coefficient (Wildman–Crippen LogP) is 4.61. The van der Waals surface area contributed by atoms with Gasteiger partial charge >= 0.3 is 0 Å². The molecule has 1 heterocycles. The zero-order chi connectivity index (χ0) is 12.5. The Balaban J connectivity index is 2.27. The summed E-state index contributed by atoms with van der Waals surface area (Å²) in [7, 11) is 0. The number of rotatable bonds is 3. The van der Waals surface area contributed by atoms with Crippen LogP contribution in [0.25, 0.3) is 0 Å². The molecular formula is C13H12BrClOS. The molecule has 1 nitrogen and oxygen atoms in total. The predicted molar refractivity (Wildman–Crippen MR) is 76.7 cm³/mol. The highest BCUT2D eigenvalue weighted by Crippen LogP contribution is 2.32. The minimum Gasteiger partial charge on any atom is -0.385 e. The molecule has 1 aromatic heterocycles. The van der Waals surface area contributed by atoms with Crippen LogP contribution in [0.15, 0.2) is 40.2 Å². The lowest BCUT2D eigenvalue weighted by Gasteiger charge is -2.23. The maximum atomic E-state index is 10.5. The maximum Gasteiger partial charge on any atom is 0.0917 e. The molecule has 0 saturated carbocycles. The largest absolute Gasteiger partial charge is 0.385 e. The molecular weight excluding hydrogens is 320 g/mol. The fourth-order valence-corrected chi connectivity index (χ4v) is 3.52. The van der Waals surface area contributed by atoms with Gasteiger partial charge in [-0.25, -0.2) is 0 Å². The van der Waals surface area contributed by atoms with Crippen LogP contribution < -0.4 is 0 Å². The highest BCUT2D eigenvalue weighted by Gasteiger charge is 2.25. The zero-order valence-corrected chi connectivity index (χ0v) is 12.4. The average Bonchev–Trinajstić information content (AvgIpc) is 2.64. The van der Waals surface area contributed by atoms with Crippen molar-refractivity contribution in [2.75, 3.05) is 0 Å². The zero-order valence-electron chi connectivity index (χ0n) is 9.28. The van der Waals surface area contributed by atoms with Crippen LogP contribution in [0.1, 0.15) is 17.4 Å². The Kier molecular flexibility index (Phi) is 3.93. The van der Waals surface area contributed by atoms with Crippen molar-refractivity contribution in [3.05, 3.63) is 55.6 Å². The van der Waals surface area contributed by atoms with E-state index in [4.69, 9.17) is 11.6 Å². The van der Waals surface area contributed by atoms with Crippen molar-refractivity contribution in [1.29, 1.82) is 0 Å². The summed E-state index contributed by atoms with van der Waals surface area (Å²) >= 11 is 11.1. The Morgan fingerprint density at radius 2 is 2.18 bits per heavy atom. The molecule has 90 valence electrons. The van der Waals surface area contributed by atoms with Gasteiger partial charge in [0.2, 0.25) is 0 Å². The quantitative estimate of drug-likeness (QED) is 0.870. The minimum absolute atomic E-state index is 0.575. The van der Waals surface area contributed by atoms with Gasteiger partial charge in [-0.2, -0.15) is 0 Å². The van der Waals surface area contributed by atoms with Crippen LogP contribution in [0, 0.1) is 0 Å². The number of hydrogen-bond acceptors (Lipinski definition) is 2. The number of hydrogen-bond donors (Lipinski definition) is 1. The van der Waals surface area contributed by atoms with E-state index < -0.39 is 5.60 Å². The molecule has 0 aliphatic heterocycles. The number of halogens is 2. The third kappa shape index (κ3) is 3.10. The lowest BCUT2D eigenvalue weighted by molar-refractivity contribution is 0.0583. The molecule has 0 radical (unpaired) electrons. The van der Waals surface area contributed by atoms with Crippen LogP contribution in [-0.2, 0) is 12.0 Å². The molecule has 1 aromatic carbocycles. The van der Waals surface area contributed by atoms with Crippen LogP contribution in [-0.4, -0.2) is 5.11 Å². The second-order valence-corrected chi connectivity index (χ2v) is 6.44. The second-order valence-electron chi connectivity index (χ2n) is 4.15. The summed E-state index contributed by atoms with van der Waals surface area (Å²) < 4.78 is 1.05. The van der Waals surface area contributed by atoms with E-state index in [0.717, 1.165) is 14.9 Å². The van der Waals surface area contributed by atoms with Gasteiger partial charge in [-0.1, -0.05) is 23.7 Å². The molecule has 0 amide bonds. The van der Waals surface area contributed by atoms with Crippen LogP contribution in [0.3, 0.4) is 0 Å². The molecule has 0 aliphatic carbocycles. The van der Waals surface area contributed by atoms with E-state index in [9.17, 15) is 5.11 Å². The number of benzene rings is 1. The Morgan fingerprint density at radius 1 is 1.41 bits per heavy atom. The summed E-state index contributed by atoms with van der Waals surface area (Å²) in [5.74, 6) is 0. The highest BCUT2D eigenvalue weighted by molar-refractivity contribution is 9.10. The van der Waals surface area contributed by atoms with E-state index in [1.165, 1.54) is 0 Å². The smallest absolute Gasteiger partial charge is 0.0917 e. The first kappa shape index (κ1) is 13.1. The van der Waals surface area contributed by atoms with Gasteiger partial charge < -0.3 is 5.11 Å². The monoisotopic (exact) mass is 330 g/mol. The van der Waals surface area contributed by atoms with Crippen molar-refractivity contribution >= 4 is 38.9 Å². The van der Waals surface area contributed by atoms with Crippen molar-refractivity contribution in [3.8, 4) is 0 Å². The van der Waals surface area contributed by atoms with Gasteiger partial charge in [-0.05, 0) is 52.0 Å². The van der Waals surface area contributed by atoms with Crippen LogP contribution in [0.4, 0.5) is 0 Å². The minimum atomic E-state index is -0.904. The third-order valence-electron chi connectivity index (χ3n) is 2.64. The molecule has 2 rings (SSSR count). The fraction of sp³-hybridized carbons (Fsp3) is 0.231. The van der Waals surface area contributed by atoms with Crippen LogP contribution >= 0.6 is 38.9 Å². The number of aliphatic hydroxyl groups is 1. The molecule has 1 N–H and O–H groups in total. The second kappa shape index (κ2) is 5.11. The molecule has 0 fully saturated rings. The maximum absolute atomic E-state index is 10.5. The molecule has 0 aliphatic rings. The summed E-state index contributed by atoms with van der Waals surface area (Å²) in [4.78, 5) is 1.13. The lowest BCUT2D eigenvalue weighted by Crippen LogP contribution is -2.23. The van der Waals surface area contributed by atoms with E-state index in [1.54, 1.807) is 11.3 Å². The van der Waals surface area contributed by atoms with Crippen LogP contribution in [0.5, 0.6) is 0 Å². The fourth-order valence-electron chi connectivity index (χ4n) is 1.69. The van der Waals surface area contributed by atoms with E-state index in [-0.39, 0.29) is 0 Å². The van der Waals surface area contributed by atoms with Crippen molar-refractivity contribution in [1.82, 2.24) is 0 Å². The van der Waals surface area contributed by atoms with E-state index in [1.807, 2.05) is 42.6 Å². The number of thiophene rings is 1. The first-order valence-electron chi connectivity index (χ1n) is 5.19. The van der Waals surface area contributed by atoms with E-state index >= 15 is 0 Å². The van der Waals surface area contributed by atoms with Gasteiger partial charge in [0, 0.05) is 20.8 Å².